The molecule has 0 saturated heterocycles. The van der Waals surface area contributed by atoms with Gasteiger partial charge in [0.2, 0.25) is 0 Å². The van der Waals surface area contributed by atoms with Crippen molar-refractivity contribution in [2.24, 2.45) is 0 Å². The van der Waals surface area contributed by atoms with Gasteiger partial charge in [-0.05, 0) is 72.4 Å². The molecule has 0 aliphatic carbocycles. The summed E-state index contributed by atoms with van der Waals surface area (Å²) in [5.41, 5.74) is 2.90. The van der Waals surface area contributed by atoms with Gasteiger partial charge in [0.1, 0.15) is 17.2 Å². The molecular formula is C23H24F2O3. The number of hydrogen-bond donors (Lipinski definition) is 1. The van der Waals surface area contributed by atoms with Gasteiger partial charge < -0.3 is 9.84 Å². The zero-order valence-corrected chi connectivity index (χ0v) is 16.7. The van der Waals surface area contributed by atoms with Crippen molar-refractivity contribution in [3.05, 3.63) is 75.9 Å². The summed E-state index contributed by atoms with van der Waals surface area (Å²) >= 11 is 0. The van der Waals surface area contributed by atoms with Gasteiger partial charge >= 0.3 is 5.97 Å². The number of carboxylic acid groups (broad SMARTS) is 1. The monoisotopic (exact) mass is 386 g/mol. The number of aryl methyl sites for hydroxylation is 1. The lowest BCUT2D eigenvalue weighted by atomic mass is 9.73. The lowest BCUT2D eigenvalue weighted by molar-refractivity contribution is -0.0588. The Hall–Kier alpha value is -2.53. The molecule has 2 aromatic rings. The van der Waals surface area contributed by atoms with Crippen LogP contribution >= 0.6 is 0 Å². The molecule has 0 aromatic heterocycles. The van der Waals surface area contributed by atoms with Gasteiger partial charge in [-0.2, -0.15) is 0 Å². The summed E-state index contributed by atoms with van der Waals surface area (Å²) in [5, 5.41) is 8.96. The van der Waals surface area contributed by atoms with Gasteiger partial charge in [0.05, 0.1) is 12.2 Å². The van der Waals surface area contributed by atoms with E-state index in [0.717, 1.165) is 34.4 Å². The van der Waals surface area contributed by atoms with Gasteiger partial charge in [-0.25, -0.2) is 13.6 Å². The summed E-state index contributed by atoms with van der Waals surface area (Å²) in [4.78, 5) is 11.0. The second-order valence-electron chi connectivity index (χ2n) is 8.49. The quantitative estimate of drug-likeness (QED) is 0.749. The van der Waals surface area contributed by atoms with Crippen LogP contribution < -0.4 is 0 Å². The van der Waals surface area contributed by atoms with E-state index >= 15 is 0 Å². The van der Waals surface area contributed by atoms with Crippen LogP contribution in [-0.2, 0) is 15.8 Å². The van der Waals surface area contributed by atoms with Crippen LogP contribution in [0.15, 0.2) is 30.8 Å². The number of carbonyl (C=O) groups is 1. The minimum Gasteiger partial charge on any atom is -0.477 e. The Balaban J connectivity index is 2.15. The largest absolute Gasteiger partial charge is 0.477 e. The zero-order chi connectivity index (χ0) is 21.0. The van der Waals surface area contributed by atoms with E-state index in [-0.39, 0.29) is 11.0 Å². The highest BCUT2D eigenvalue weighted by molar-refractivity contribution is 5.89. The molecule has 1 N–H and O–H groups in total. The Morgan fingerprint density at radius 2 is 1.64 bits per heavy atom. The standard InChI is InChI=1S/C23H24F2O3/c1-12-7-17-16(22(3,4)11-28-23(17,5)6)10-15(12)13(2)14-8-18(24)20(21(26)27)19(25)9-14/h7-10H,2,11H2,1,3-6H3,(H,26,27). The van der Waals surface area contributed by atoms with E-state index in [1.54, 1.807) is 0 Å². The fourth-order valence-corrected chi connectivity index (χ4v) is 3.71. The number of hydrogen-bond acceptors (Lipinski definition) is 2. The summed E-state index contributed by atoms with van der Waals surface area (Å²) in [5.74, 6) is -3.87. The third-order valence-electron chi connectivity index (χ3n) is 5.47. The Labute approximate surface area is 163 Å². The van der Waals surface area contributed by atoms with Crippen molar-refractivity contribution < 1.29 is 23.4 Å². The Kier molecular flexibility index (Phi) is 4.71. The maximum Gasteiger partial charge on any atom is 0.341 e. The average Bonchev–Trinajstić information content (AvgIpc) is 2.57. The van der Waals surface area contributed by atoms with E-state index in [4.69, 9.17) is 9.84 Å². The molecule has 0 saturated carbocycles. The number of ether oxygens (including phenoxy) is 1. The molecule has 0 amide bonds. The molecule has 1 aliphatic heterocycles. The molecule has 1 aliphatic rings. The van der Waals surface area contributed by atoms with E-state index in [1.165, 1.54) is 0 Å². The molecule has 0 fully saturated rings. The minimum atomic E-state index is -1.64. The topological polar surface area (TPSA) is 46.5 Å². The maximum absolute atomic E-state index is 14.2. The number of rotatable bonds is 3. The third-order valence-corrected chi connectivity index (χ3v) is 5.47. The van der Waals surface area contributed by atoms with E-state index in [1.807, 2.05) is 32.9 Å². The normalized spacial score (nSPS) is 17.1. The van der Waals surface area contributed by atoms with Gasteiger partial charge in [-0.15, -0.1) is 0 Å². The van der Waals surface area contributed by atoms with Crippen LogP contribution in [0.25, 0.3) is 5.57 Å². The number of benzene rings is 2. The van der Waals surface area contributed by atoms with Crippen molar-refractivity contribution in [3.8, 4) is 0 Å². The number of aromatic carboxylic acids is 1. The molecule has 148 valence electrons. The van der Waals surface area contributed by atoms with E-state index in [2.05, 4.69) is 20.4 Å². The molecule has 0 radical (unpaired) electrons. The molecule has 5 heteroatoms. The summed E-state index contributed by atoms with van der Waals surface area (Å²) in [7, 11) is 0. The third kappa shape index (κ3) is 3.24. The Bertz CT molecular complexity index is 980. The smallest absolute Gasteiger partial charge is 0.341 e. The predicted molar refractivity (Wildman–Crippen MR) is 105 cm³/mol. The van der Waals surface area contributed by atoms with Gasteiger partial charge in [0, 0.05) is 5.41 Å². The first-order valence-corrected chi connectivity index (χ1v) is 9.07. The molecule has 2 aromatic carbocycles. The second kappa shape index (κ2) is 6.52. The van der Waals surface area contributed by atoms with Gasteiger partial charge in [0.15, 0.2) is 0 Å². The van der Waals surface area contributed by atoms with Crippen molar-refractivity contribution in [2.45, 2.75) is 45.6 Å². The molecule has 0 spiro atoms. The molecule has 28 heavy (non-hydrogen) atoms. The number of carboxylic acids is 1. The molecule has 1 heterocycles. The number of halogens is 2. The summed E-state index contributed by atoms with van der Waals surface area (Å²) in [6, 6.07) is 6.09. The first kappa shape index (κ1) is 20.2. The second-order valence-corrected chi connectivity index (χ2v) is 8.49. The van der Waals surface area contributed by atoms with E-state index in [9.17, 15) is 13.6 Å². The van der Waals surface area contributed by atoms with Gasteiger partial charge in [-0.1, -0.05) is 26.5 Å². The van der Waals surface area contributed by atoms with Crippen molar-refractivity contribution in [3.63, 3.8) is 0 Å². The zero-order valence-electron chi connectivity index (χ0n) is 16.7. The van der Waals surface area contributed by atoms with Crippen molar-refractivity contribution in [2.75, 3.05) is 6.61 Å². The lowest BCUT2D eigenvalue weighted by Crippen LogP contribution is -2.40. The summed E-state index contributed by atoms with van der Waals surface area (Å²) in [6.07, 6.45) is 0. The van der Waals surface area contributed by atoms with E-state index < -0.39 is 28.8 Å². The molecule has 3 nitrogen and oxygen atoms in total. The van der Waals surface area contributed by atoms with E-state index in [0.29, 0.717) is 12.2 Å². The van der Waals surface area contributed by atoms with Crippen LogP contribution in [0.1, 0.15) is 65.9 Å². The minimum absolute atomic E-state index is 0.215. The van der Waals surface area contributed by atoms with Crippen LogP contribution in [0.4, 0.5) is 8.78 Å². The van der Waals surface area contributed by atoms with Crippen molar-refractivity contribution in [1.29, 1.82) is 0 Å². The molecule has 0 atom stereocenters. The van der Waals surface area contributed by atoms with Crippen molar-refractivity contribution >= 4 is 11.5 Å². The fraction of sp³-hybridized carbons (Fsp3) is 0.348. The SMILES string of the molecule is C=C(c1cc(F)c(C(=O)O)c(F)c1)c1cc2c(cc1C)C(C)(C)OCC2(C)C. The van der Waals surface area contributed by atoms with Crippen LogP contribution in [0, 0.1) is 18.6 Å². The first-order chi connectivity index (χ1) is 12.8. The van der Waals surface area contributed by atoms with Crippen LogP contribution in [0.5, 0.6) is 0 Å². The summed E-state index contributed by atoms with van der Waals surface area (Å²) in [6.45, 7) is 14.7. The highest BCUT2D eigenvalue weighted by Crippen LogP contribution is 2.43. The predicted octanol–water partition coefficient (Wildman–Crippen LogP) is 5.58. The maximum atomic E-state index is 14.2. The van der Waals surface area contributed by atoms with Crippen LogP contribution in [0.3, 0.4) is 0 Å². The van der Waals surface area contributed by atoms with Crippen LogP contribution in [0.2, 0.25) is 0 Å². The lowest BCUT2D eigenvalue weighted by Gasteiger charge is -2.42. The highest BCUT2D eigenvalue weighted by atomic mass is 19.1. The highest BCUT2D eigenvalue weighted by Gasteiger charge is 2.38. The van der Waals surface area contributed by atoms with Gasteiger partial charge in [-0.3, -0.25) is 0 Å². The van der Waals surface area contributed by atoms with Crippen molar-refractivity contribution in [1.82, 2.24) is 0 Å². The molecule has 3 rings (SSSR count). The Morgan fingerprint density at radius 3 is 2.18 bits per heavy atom. The first-order valence-electron chi connectivity index (χ1n) is 9.07. The number of fused-ring (bicyclic) bond motifs is 1. The fourth-order valence-electron chi connectivity index (χ4n) is 3.71. The average molecular weight is 386 g/mol. The van der Waals surface area contributed by atoms with Crippen LogP contribution in [-0.4, -0.2) is 17.7 Å². The molecular weight excluding hydrogens is 362 g/mol. The Morgan fingerprint density at radius 1 is 1.07 bits per heavy atom. The molecule has 0 bridgehead atoms. The summed E-state index contributed by atoms with van der Waals surface area (Å²) < 4.78 is 34.4. The molecule has 0 unspecified atom stereocenters. The van der Waals surface area contributed by atoms with Gasteiger partial charge in [0.25, 0.3) is 0 Å².